The molecule has 3 aliphatic rings. The van der Waals surface area contributed by atoms with Crippen molar-refractivity contribution in [3.8, 4) is 0 Å². The molecule has 18 heavy (non-hydrogen) atoms. The third-order valence-corrected chi connectivity index (χ3v) is 5.18. The molecule has 0 aromatic heterocycles. The average Bonchev–Trinajstić information content (AvgIpc) is 2.45. The van der Waals surface area contributed by atoms with Gasteiger partial charge in [0.25, 0.3) is 0 Å². The van der Waals surface area contributed by atoms with Crippen molar-refractivity contribution in [1.82, 2.24) is 0 Å². The van der Waals surface area contributed by atoms with Crippen molar-refractivity contribution in [2.75, 3.05) is 0 Å². The lowest BCUT2D eigenvalue weighted by Crippen LogP contribution is -2.16. The minimum atomic E-state index is 1.37. The van der Waals surface area contributed by atoms with Crippen LogP contribution in [0.25, 0.3) is 0 Å². The van der Waals surface area contributed by atoms with Crippen LogP contribution in [0.5, 0.6) is 0 Å². The Morgan fingerprint density at radius 1 is 0.500 bits per heavy atom. The van der Waals surface area contributed by atoms with Gasteiger partial charge in [-0.3, -0.25) is 0 Å². The van der Waals surface area contributed by atoms with Gasteiger partial charge >= 0.3 is 0 Å². The van der Waals surface area contributed by atoms with Gasteiger partial charge in [-0.25, -0.2) is 0 Å². The zero-order valence-corrected chi connectivity index (χ0v) is 12.1. The molecule has 2 fully saturated rings. The Balaban J connectivity index is 1.99. The summed E-state index contributed by atoms with van der Waals surface area (Å²) >= 11 is 0. The largest absolute Gasteiger partial charge is 0.0621 e. The van der Waals surface area contributed by atoms with Crippen LogP contribution in [-0.4, -0.2) is 0 Å². The Morgan fingerprint density at radius 2 is 0.833 bits per heavy atom. The van der Waals surface area contributed by atoms with Crippen molar-refractivity contribution in [3.63, 3.8) is 0 Å². The minimum Gasteiger partial charge on any atom is -0.0621 e. The first-order chi connectivity index (χ1) is 8.79. The Morgan fingerprint density at radius 3 is 1.17 bits per heavy atom. The average molecular weight is 242 g/mol. The summed E-state index contributed by atoms with van der Waals surface area (Å²) in [6.07, 6.45) is 14.1. The lowest BCUT2D eigenvalue weighted by atomic mass is 9.70. The summed E-state index contributed by atoms with van der Waals surface area (Å²) in [5.41, 5.74) is 10.2. The third kappa shape index (κ3) is 2.00. The summed E-state index contributed by atoms with van der Waals surface area (Å²) in [7, 11) is 0. The molecule has 0 aromatic carbocycles. The molecule has 0 spiro atoms. The second kappa shape index (κ2) is 5.07. The van der Waals surface area contributed by atoms with Crippen molar-refractivity contribution < 1.29 is 0 Å². The van der Waals surface area contributed by atoms with Gasteiger partial charge in [-0.15, -0.1) is 0 Å². The molecule has 0 heteroatoms. The van der Waals surface area contributed by atoms with Crippen LogP contribution in [0, 0.1) is 0 Å². The summed E-state index contributed by atoms with van der Waals surface area (Å²) in [5, 5.41) is 0. The zero-order valence-electron chi connectivity index (χ0n) is 12.1. The normalized spacial score (nSPS) is 25.7. The first-order valence-corrected chi connectivity index (χ1v) is 7.91. The summed E-state index contributed by atoms with van der Waals surface area (Å²) in [6.45, 7) is 4.69. The maximum Gasteiger partial charge on any atom is -0.0158 e. The molecule has 0 aliphatic heterocycles. The van der Waals surface area contributed by atoms with E-state index in [4.69, 9.17) is 0 Å². The smallest absolute Gasteiger partial charge is 0.0158 e. The van der Waals surface area contributed by atoms with Crippen LogP contribution < -0.4 is 0 Å². The molecular weight excluding hydrogens is 216 g/mol. The van der Waals surface area contributed by atoms with Gasteiger partial charge in [0, 0.05) is 0 Å². The maximum absolute atomic E-state index is 2.35. The quantitative estimate of drug-likeness (QED) is 0.499. The molecule has 0 atom stereocenters. The highest BCUT2D eigenvalue weighted by Gasteiger charge is 2.29. The Hall–Kier alpha value is -0.780. The van der Waals surface area contributed by atoms with Crippen LogP contribution in [0.15, 0.2) is 33.4 Å². The molecule has 0 radical (unpaired) electrons. The molecular formula is C18H26. The van der Waals surface area contributed by atoms with Gasteiger partial charge in [0.2, 0.25) is 0 Å². The van der Waals surface area contributed by atoms with E-state index in [0.717, 1.165) is 0 Å². The monoisotopic (exact) mass is 242 g/mol. The second-order valence-corrected chi connectivity index (χ2v) is 6.33. The first-order valence-electron chi connectivity index (χ1n) is 7.91. The topological polar surface area (TPSA) is 0 Å². The molecule has 0 nitrogen and oxygen atoms in total. The highest BCUT2D eigenvalue weighted by atomic mass is 14.3. The van der Waals surface area contributed by atoms with Crippen molar-refractivity contribution >= 4 is 0 Å². The fourth-order valence-corrected chi connectivity index (χ4v) is 4.03. The van der Waals surface area contributed by atoms with Crippen LogP contribution in [0.3, 0.4) is 0 Å². The molecule has 0 unspecified atom stereocenters. The molecule has 0 saturated heterocycles. The standard InChI is InChI=1S/C18H26/c1-13-14(2)18(16-11-7-4-8-12-16)17(13)15-9-5-3-6-10-15/h3-12H2,1-2H3. The summed E-state index contributed by atoms with van der Waals surface area (Å²) in [5.74, 6) is 0. The van der Waals surface area contributed by atoms with Crippen molar-refractivity contribution in [2.45, 2.75) is 78.1 Å². The molecule has 0 bridgehead atoms. The van der Waals surface area contributed by atoms with Gasteiger partial charge in [0.15, 0.2) is 0 Å². The van der Waals surface area contributed by atoms with Gasteiger partial charge in [-0.1, -0.05) is 24.0 Å². The van der Waals surface area contributed by atoms with E-state index in [1.54, 1.807) is 33.4 Å². The summed E-state index contributed by atoms with van der Waals surface area (Å²) < 4.78 is 0. The van der Waals surface area contributed by atoms with E-state index in [2.05, 4.69) is 13.8 Å². The van der Waals surface area contributed by atoms with E-state index in [0.29, 0.717) is 0 Å². The van der Waals surface area contributed by atoms with Gasteiger partial charge < -0.3 is 0 Å². The molecule has 0 amide bonds. The molecule has 3 rings (SSSR count). The van der Waals surface area contributed by atoms with Gasteiger partial charge in [0.05, 0.1) is 0 Å². The fourth-order valence-electron chi connectivity index (χ4n) is 4.03. The van der Waals surface area contributed by atoms with Crippen LogP contribution in [-0.2, 0) is 0 Å². The van der Waals surface area contributed by atoms with E-state index in [1.807, 2.05) is 0 Å². The van der Waals surface area contributed by atoms with Gasteiger partial charge in [0.1, 0.15) is 0 Å². The van der Waals surface area contributed by atoms with E-state index < -0.39 is 0 Å². The number of hydrogen-bond donors (Lipinski definition) is 0. The fraction of sp³-hybridized carbons (Fsp3) is 0.667. The van der Waals surface area contributed by atoms with E-state index in [-0.39, 0.29) is 0 Å². The predicted molar refractivity (Wildman–Crippen MR) is 78.6 cm³/mol. The Labute approximate surface area is 112 Å². The molecule has 3 aliphatic carbocycles. The van der Waals surface area contributed by atoms with E-state index >= 15 is 0 Å². The van der Waals surface area contributed by atoms with Gasteiger partial charge in [-0.05, 0) is 87.5 Å². The van der Waals surface area contributed by atoms with Crippen molar-refractivity contribution in [3.05, 3.63) is 33.4 Å². The summed E-state index contributed by atoms with van der Waals surface area (Å²) in [4.78, 5) is 0. The number of allylic oxidation sites excluding steroid dienone is 6. The van der Waals surface area contributed by atoms with Crippen LogP contribution in [0.4, 0.5) is 0 Å². The van der Waals surface area contributed by atoms with Crippen LogP contribution in [0.2, 0.25) is 0 Å². The molecule has 2 saturated carbocycles. The Kier molecular flexibility index (Phi) is 3.46. The SMILES string of the molecule is CC1=C(C)C(=C2CCCCC2)C1=C1CCCCC1. The molecule has 0 heterocycles. The predicted octanol–water partition coefficient (Wildman–Crippen LogP) is 5.86. The minimum absolute atomic E-state index is 1.37. The van der Waals surface area contributed by atoms with Crippen molar-refractivity contribution in [2.24, 2.45) is 0 Å². The Bertz CT molecular complexity index is 385. The van der Waals surface area contributed by atoms with E-state index in [9.17, 15) is 0 Å². The second-order valence-electron chi connectivity index (χ2n) is 6.33. The van der Waals surface area contributed by atoms with Crippen LogP contribution in [0.1, 0.15) is 78.1 Å². The van der Waals surface area contributed by atoms with Crippen molar-refractivity contribution in [1.29, 1.82) is 0 Å². The molecule has 0 aromatic rings. The first kappa shape index (κ1) is 12.3. The number of rotatable bonds is 0. The molecule has 98 valence electrons. The lowest BCUT2D eigenvalue weighted by Gasteiger charge is -2.35. The van der Waals surface area contributed by atoms with Crippen LogP contribution >= 0.6 is 0 Å². The highest BCUT2D eigenvalue weighted by molar-refractivity contribution is 5.71. The lowest BCUT2D eigenvalue weighted by molar-refractivity contribution is 0.584. The van der Waals surface area contributed by atoms with Gasteiger partial charge in [-0.2, -0.15) is 0 Å². The third-order valence-electron chi connectivity index (χ3n) is 5.18. The molecule has 0 N–H and O–H groups in total. The summed E-state index contributed by atoms with van der Waals surface area (Å²) in [6, 6.07) is 0. The zero-order chi connectivity index (χ0) is 12.5. The maximum atomic E-state index is 2.35. The highest BCUT2D eigenvalue weighted by Crippen LogP contribution is 2.48. The number of hydrogen-bond acceptors (Lipinski definition) is 0. The van der Waals surface area contributed by atoms with E-state index in [1.165, 1.54) is 64.2 Å².